The fourth-order valence-corrected chi connectivity index (χ4v) is 1.61. The predicted molar refractivity (Wildman–Crippen MR) is 70.6 cm³/mol. The number of esters is 1. The van der Waals surface area contributed by atoms with Gasteiger partial charge in [0, 0.05) is 0 Å². The van der Waals surface area contributed by atoms with Crippen LogP contribution in [0.5, 0.6) is 0 Å². The lowest BCUT2D eigenvalue weighted by Crippen LogP contribution is -2.11. The van der Waals surface area contributed by atoms with Gasteiger partial charge in [0.1, 0.15) is 11.6 Å². The molecule has 0 heterocycles. The number of nitrogens with zero attached hydrogens (tertiary/aromatic N) is 1. The van der Waals surface area contributed by atoms with Gasteiger partial charge in [-0.05, 0) is 24.6 Å². The van der Waals surface area contributed by atoms with Crippen LogP contribution in [-0.4, -0.2) is 34.7 Å². The molecule has 7 nitrogen and oxygen atoms in total. The van der Waals surface area contributed by atoms with E-state index in [9.17, 15) is 14.4 Å². The molecule has 0 fully saturated rings. The first-order valence-corrected chi connectivity index (χ1v) is 5.80. The summed E-state index contributed by atoms with van der Waals surface area (Å²) in [5, 5.41) is 27.0. The minimum absolute atomic E-state index is 0.0544. The van der Waals surface area contributed by atoms with Crippen LogP contribution in [0.4, 0.5) is 0 Å². The van der Waals surface area contributed by atoms with Gasteiger partial charge in [-0.25, -0.2) is 14.4 Å². The molecule has 1 rings (SSSR count). The second-order valence-electron chi connectivity index (χ2n) is 3.77. The zero-order valence-electron chi connectivity index (χ0n) is 11.0. The minimum Gasteiger partial charge on any atom is -0.478 e. The number of benzene rings is 1. The Morgan fingerprint density at radius 1 is 1.29 bits per heavy atom. The Bertz CT molecular complexity index is 669. The third-order valence-corrected chi connectivity index (χ3v) is 2.46. The molecule has 0 aliphatic heterocycles. The van der Waals surface area contributed by atoms with E-state index in [0.29, 0.717) is 0 Å². The second kappa shape index (κ2) is 6.86. The summed E-state index contributed by atoms with van der Waals surface area (Å²) < 4.78 is 4.65. The van der Waals surface area contributed by atoms with Crippen LogP contribution in [0, 0.1) is 11.3 Å². The van der Waals surface area contributed by atoms with Gasteiger partial charge in [0.05, 0.1) is 17.7 Å². The molecular weight excluding hydrogens is 278 g/mol. The first kappa shape index (κ1) is 15.9. The summed E-state index contributed by atoms with van der Waals surface area (Å²) in [5.74, 6) is -3.80. The normalized spacial score (nSPS) is 10.6. The van der Waals surface area contributed by atoms with Gasteiger partial charge in [-0.1, -0.05) is 12.1 Å². The van der Waals surface area contributed by atoms with E-state index in [1.807, 2.05) is 0 Å². The fraction of sp³-hybridized carbons (Fsp3) is 0.143. The number of rotatable bonds is 5. The number of hydrogen-bond acceptors (Lipinski definition) is 5. The SMILES string of the molecule is CCOC(=O)C(C#N)=Cc1cccc(C(=O)O)c1C(=O)O. The summed E-state index contributed by atoms with van der Waals surface area (Å²) in [4.78, 5) is 33.8. The Morgan fingerprint density at radius 3 is 2.43 bits per heavy atom. The molecule has 0 saturated heterocycles. The summed E-state index contributed by atoms with van der Waals surface area (Å²) >= 11 is 0. The van der Waals surface area contributed by atoms with Crippen molar-refractivity contribution in [2.75, 3.05) is 6.61 Å². The van der Waals surface area contributed by atoms with E-state index in [2.05, 4.69) is 4.74 Å². The summed E-state index contributed by atoms with van der Waals surface area (Å²) in [6.07, 6.45) is 0.994. The fourth-order valence-electron chi connectivity index (χ4n) is 1.61. The van der Waals surface area contributed by atoms with Gasteiger partial charge < -0.3 is 14.9 Å². The first-order chi connectivity index (χ1) is 9.92. The zero-order chi connectivity index (χ0) is 16.0. The molecule has 0 atom stereocenters. The lowest BCUT2D eigenvalue weighted by Gasteiger charge is -2.06. The number of carboxylic acids is 2. The van der Waals surface area contributed by atoms with E-state index in [1.54, 1.807) is 13.0 Å². The lowest BCUT2D eigenvalue weighted by atomic mass is 9.99. The standard InChI is InChI=1S/C14H11NO6/c1-2-21-14(20)9(7-15)6-8-4-3-5-10(12(16)17)11(8)13(18)19/h3-6H,2H2,1H3,(H,16,17)(H,18,19). The van der Waals surface area contributed by atoms with Crippen molar-refractivity contribution in [2.24, 2.45) is 0 Å². The summed E-state index contributed by atoms with van der Waals surface area (Å²) in [6.45, 7) is 1.61. The largest absolute Gasteiger partial charge is 0.478 e. The van der Waals surface area contributed by atoms with Crippen molar-refractivity contribution in [3.8, 4) is 6.07 Å². The topological polar surface area (TPSA) is 125 Å². The van der Waals surface area contributed by atoms with Crippen molar-refractivity contribution >= 4 is 24.0 Å². The molecule has 108 valence electrons. The van der Waals surface area contributed by atoms with E-state index in [0.717, 1.165) is 12.1 Å². The number of carbonyl (C=O) groups excluding carboxylic acids is 1. The average Bonchev–Trinajstić information content (AvgIpc) is 2.44. The molecule has 0 unspecified atom stereocenters. The van der Waals surface area contributed by atoms with E-state index >= 15 is 0 Å². The van der Waals surface area contributed by atoms with Crippen LogP contribution in [0.15, 0.2) is 23.8 Å². The third kappa shape index (κ3) is 3.67. The highest BCUT2D eigenvalue weighted by atomic mass is 16.5. The van der Waals surface area contributed by atoms with Gasteiger partial charge in [0.25, 0.3) is 0 Å². The molecule has 7 heteroatoms. The zero-order valence-corrected chi connectivity index (χ0v) is 11.0. The molecule has 0 aromatic heterocycles. The average molecular weight is 289 g/mol. The summed E-state index contributed by atoms with van der Waals surface area (Å²) in [6, 6.07) is 5.34. The van der Waals surface area contributed by atoms with E-state index in [-0.39, 0.29) is 12.2 Å². The molecule has 21 heavy (non-hydrogen) atoms. The molecule has 1 aromatic rings. The molecule has 0 aliphatic rings. The van der Waals surface area contributed by atoms with Crippen molar-refractivity contribution in [3.05, 3.63) is 40.5 Å². The maximum atomic E-state index is 11.5. The second-order valence-corrected chi connectivity index (χ2v) is 3.77. The van der Waals surface area contributed by atoms with Crippen molar-refractivity contribution in [3.63, 3.8) is 0 Å². The van der Waals surface area contributed by atoms with Gasteiger partial charge in [-0.3, -0.25) is 0 Å². The first-order valence-electron chi connectivity index (χ1n) is 5.80. The lowest BCUT2D eigenvalue weighted by molar-refractivity contribution is -0.137. The Labute approximate surface area is 119 Å². The van der Waals surface area contributed by atoms with Crippen molar-refractivity contribution in [1.82, 2.24) is 0 Å². The highest BCUT2D eigenvalue weighted by molar-refractivity contribution is 6.06. The predicted octanol–water partition coefficient (Wildman–Crippen LogP) is 1.55. The van der Waals surface area contributed by atoms with E-state index in [1.165, 1.54) is 12.1 Å². The van der Waals surface area contributed by atoms with Gasteiger partial charge in [-0.15, -0.1) is 0 Å². The molecule has 2 N–H and O–H groups in total. The maximum Gasteiger partial charge on any atom is 0.348 e. The highest BCUT2D eigenvalue weighted by Crippen LogP contribution is 2.19. The molecule has 0 amide bonds. The molecule has 0 radical (unpaired) electrons. The third-order valence-electron chi connectivity index (χ3n) is 2.46. The Kier molecular flexibility index (Phi) is 5.20. The van der Waals surface area contributed by atoms with Crippen LogP contribution < -0.4 is 0 Å². The number of carboxylic acid groups (broad SMARTS) is 2. The number of aromatic carboxylic acids is 2. The van der Waals surface area contributed by atoms with Crippen LogP contribution >= 0.6 is 0 Å². The summed E-state index contributed by atoms with van der Waals surface area (Å²) in [7, 11) is 0. The Balaban J connectivity index is 3.47. The Hall–Kier alpha value is -3.14. The molecule has 0 aliphatic carbocycles. The van der Waals surface area contributed by atoms with Crippen LogP contribution in [0.25, 0.3) is 6.08 Å². The minimum atomic E-state index is -1.47. The van der Waals surface area contributed by atoms with Crippen LogP contribution in [0.2, 0.25) is 0 Å². The van der Waals surface area contributed by atoms with Crippen molar-refractivity contribution < 1.29 is 29.3 Å². The number of hydrogen-bond donors (Lipinski definition) is 2. The van der Waals surface area contributed by atoms with Crippen LogP contribution in [0.1, 0.15) is 33.2 Å². The smallest absolute Gasteiger partial charge is 0.348 e. The number of ether oxygens (including phenoxy) is 1. The van der Waals surface area contributed by atoms with Crippen LogP contribution in [-0.2, 0) is 9.53 Å². The molecule has 1 aromatic carbocycles. The van der Waals surface area contributed by atoms with Gasteiger partial charge in [0.2, 0.25) is 0 Å². The molecule has 0 saturated carbocycles. The quantitative estimate of drug-likeness (QED) is 0.478. The number of carbonyl (C=O) groups is 3. The monoisotopic (exact) mass is 289 g/mol. The van der Waals surface area contributed by atoms with Gasteiger partial charge >= 0.3 is 17.9 Å². The van der Waals surface area contributed by atoms with Crippen LogP contribution in [0.3, 0.4) is 0 Å². The van der Waals surface area contributed by atoms with E-state index in [4.69, 9.17) is 15.5 Å². The van der Waals surface area contributed by atoms with Crippen molar-refractivity contribution in [2.45, 2.75) is 6.92 Å². The van der Waals surface area contributed by atoms with Gasteiger partial charge in [-0.2, -0.15) is 5.26 Å². The van der Waals surface area contributed by atoms with E-state index < -0.39 is 34.6 Å². The number of nitriles is 1. The maximum absolute atomic E-state index is 11.5. The van der Waals surface area contributed by atoms with Crippen molar-refractivity contribution in [1.29, 1.82) is 5.26 Å². The summed E-state index contributed by atoms with van der Waals surface area (Å²) in [5.41, 5.74) is -1.41. The molecular formula is C14H11NO6. The van der Waals surface area contributed by atoms with Gasteiger partial charge in [0.15, 0.2) is 0 Å². The molecule has 0 spiro atoms. The molecule has 0 bridgehead atoms. The Morgan fingerprint density at radius 2 is 1.95 bits per heavy atom. The highest BCUT2D eigenvalue weighted by Gasteiger charge is 2.20.